The Morgan fingerprint density at radius 2 is 1.92 bits per heavy atom. The van der Waals surface area contributed by atoms with Crippen LogP contribution in [0.25, 0.3) is 11.3 Å². The standard InChI is InChI=1S/C29H32N6O/c1-7-21(16-32-27(8-2)31-6)23-17-33-35(18-23)26-15-25(13-12-20(26)3)34-28(36)22-10-9-11-24(14-22)29(4,5)19-30/h7-18,31H,1-6H3,(H,34,36)/b21-7-,27-8-,32-16+. The summed E-state index contributed by atoms with van der Waals surface area (Å²) < 4.78 is 1.79. The Bertz CT molecular complexity index is 1380. The molecule has 0 atom stereocenters. The first kappa shape index (κ1) is 26.2. The van der Waals surface area contributed by atoms with E-state index in [2.05, 4.69) is 26.8 Å². The Balaban J connectivity index is 1.85. The van der Waals surface area contributed by atoms with Gasteiger partial charge in [0, 0.05) is 36.3 Å². The summed E-state index contributed by atoms with van der Waals surface area (Å²) in [5.74, 6) is 0.543. The van der Waals surface area contributed by atoms with Crippen LogP contribution in [0.3, 0.4) is 0 Å². The lowest BCUT2D eigenvalue weighted by Gasteiger charge is -2.16. The van der Waals surface area contributed by atoms with Crippen LogP contribution in [-0.2, 0) is 5.41 Å². The second-order valence-electron chi connectivity index (χ2n) is 8.87. The van der Waals surface area contributed by atoms with Crippen molar-refractivity contribution in [3.8, 4) is 11.8 Å². The van der Waals surface area contributed by atoms with E-state index in [9.17, 15) is 10.1 Å². The maximum absolute atomic E-state index is 13.0. The van der Waals surface area contributed by atoms with Gasteiger partial charge in [0.25, 0.3) is 5.91 Å². The number of nitrogens with one attached hydrogen (secondary N) is 2. The third-order valence-electron chi connectivity index (χ3n) is 5.94. The van der Waals surface area contributed by atoms with Gasteiger partial charge in [-0.2, -0.15) is 10.4 Å². The highest BCUT2D eigenvalue weighted by Gasteiger charge is 2.21. The minimum absolute atomic E-state index is 0.238. The SMILES string of the molecule is C\C=C(/N=C/C(=C/C)c1cnn(-c2cc(NC(=O)c3cccc(C(C)(C)C#N)c3)ccc2C)c1)NC. The van der Waals surface area contributed by atoms with Crippen LogP contribution in [0.4, 0.5) is 5.69 Å². The van der Waals surface area contributed by atoms with Crippen LogP contribution in [0.15, 0.2) is 77.8 Å². The van der Waals surface area contributed by atoms with E-state index in [0.29, 0.717) is 11.3 Å². The van der Waals surface area contributed by atoms with E-state index < -0.39 is 5.41 Å². The predicted octanol–water partition coefficient (Wildman–Crippen LogP) is 5.79. The van der Waals surface area contributed by atoms with Crippen LogP contribution in [0, 0.1) is 18.3 Å². The topological polar surface area (TPSA) is 95.1 Å². The number of nitrogens with zero attached hydrogens (tertiary/aromatic N) is 4. The van der Waals surface area contributed by atoms with E-state index in [4.69, 9.17) is 0 Å². The number of carbonyl (C=O) groups excluding carboxylic acids is 1. The lowest BCUT2D eigenvalue weighted by Crippen LogP contribution is -2.17. The maximum Gasteiger partial charge on any atom is 0.255 e. The summed E-state index contributed by atoms with van der Waals surface area (Å²) in [5.41, 5.74) is 5.02. The van der Waals surface area contributed by atoms with Gasteiger partial charge in [0.15, 0.2) is 0 Å². The van der Waals surface area contributed by atoms with Gasteiger partial charge in [-0.3, -0.25) is 4.79 Å². The second-order valence-corrected chi connectivity index (χ2v) is 8.87. The number of benzene rings is 2. The number of allylic oxidation sites excluding steroid dienone is 3. The van der Waals surface area contributed by atoms with Crippen LogP contribution in [-0.4, -0.2) is 28.9 Å². The van der Waals surface area contributed by atoms with E-state index >= 15 is 0 Å². The molecule has 0 fully saturated rings. The molecule has 3 aromatic rings. The molecule has 7 nitrogen and oxygen atoms in total. The molecule has 0 spiro atoms. The molecule has 1 aromatic heterocycles. The molecule has 0 unspecified atom stereocenters. The lowest BCUT2D eigenvalue weighted by molar-refractivity contribution is 0.102. The molecule has 0 aliphatic rings. The molecule has 0 radical (unpaired) electrons. The number of hydrogen-bond donors (Lipinski definition) is 2. The fourth-order valence-electron chi connectivity index (χ4n) is 3.59. The van der Waals surface area contributed by atoms with Gasteiger partial charge in [0.05, 0.1) is 23.4 Å². The third-order valence-corrected chi connectivity index (χ3v) is 5.94. The molecule has 0 saturated heterocycles. The van der Waals surface area contributed by atoms with E-state index in [1.807, 2.05) is 84.3 Å². The zero-order valence-corrected chi connectivity index (χ0v) is 21.6. The molecule has 7 heteroatoms. The fourth-order valence-corrected chi connectivity index (χ4v) is 3.59. The zero-order chi connectivity index (χ0) is 26.3. The van der Waals surface area contributed by atoms with E-state index in [1.165, 1.54) is 0 Å². The van der Waals surface area contributed by atoms with Crippen molar-refractivity contribution in [2.75, 3.05) is 12.4 Å². The first-order valence-corrected chi connectivity index (χ1v) is 11.8. The largest absolute Gasteiger partial charge is 0.373 e. The molecule has 0 bridgehead atoms. The molecule has 184 valence electrons. The Hall–Kier alpha value is -4.44. The second kappa shape index (κ2) is 11.3. The fraction of sp³-hybridized carbons (Fsp3) is 0.241. The van der Waals surface area contributed by atoms with Crippen molar-refractivity contribution in [2.24, 2.45) is 4.99 Å². The molecule has 1 amide bonds. The number of rotatable bonds is 8. The number of aryl methyl sites for hydroxylation is 1. The highest BCUT2D eigenvalue weighted by Crippen LogP contribution is 2.25. The average Bonchev–Trinajstić information content (AvgIpc) is 3.37. The molecule has 0 aliphatic heterocycles. The van der Waals surface area contributed by atoms with Crippen molar-refractivity contribution in [2.45, 2.75) is 40.0 Å². The highest BCUT2D eigenvalue weighted by molar-refractivity contribution is 6.09. The summed E-state index contributed by atoms with van der Waals surface area (Å²) >= 11 is 0. The summed E-state index contributed by atoms with van der Waals surface area (Å²) in [4.78, 5) is 17.4. The average molecular weight is 481 g/mol. The first-order valence-electron chi connectivity index (χ1n) is 11.8. The third kappa shape index (κ3) is 5.97. The minimum Gasteiger partial charge on any atom is -0.373 e. The number of aliphatic imine (C=N–C) groups is 1. The normalized spacial score (nSPS) is 12.5. The van der Waals surface area contributed by atoms with Gasteiger partial charge in [0.1, 0.15) is 5.82 Å². The lowest BCUT2D eigenvalue weighted by atomic mass is 9.85. The smallest absolute Gasteiger partial charge is 0.255 e. The van der Waals surface area contributed by atoms with Crippen molar-refractivity contribution >= 4 is 23.4 Å². The van der Waals surface area contributed by atoms with Crippen LogP contribution in [0.1, 0.15) is 54.7 Å². The molecule has 0 saturated carbocycles. The molecule has 36 heavy (non-hydrogen) atoms. The van der Waals surface area contributed by atoms with Crippen LogP contribution in [0.2, 0.25) is 0 Å². The Morgan fingerprint density at radius 1 is 1.14 bits per heavy atom. The van der Waals surface area contributed by atoms with Crippen molar-refractivity contribution in [1.82, 2.24) is 15.1 Å². The van der Waals surface area contributed by atoms with E-state index in [1.54, 1.807) is 35.3 Å². The number of carbonyl (C=O) groups is 1. The van der Waals surface area contributed by atoms with Gasteiger partial charge in [-0.05, 0) is 81.7 Å². The van der Waals surface area contributed by atoms with Crippen molar-refractivity contribution in [3.05, 3.63) is 95.1 Å². The van der Waals surface area contributed by atoms with Gasteiger partial charge >= 0.3 is 0 Å². The Morgan fingerprint density at radius 3 is 2.58 bits per heavy atom. The number of hydrogen-bond acceptors (Lipinski definition) is 5. The van der Waals surface area contributed by atoms with E-state index in [0.717, 1.165) is 33.8 Å². The number of aromatic nitrogens is 2. The molecule has 2 aromatic carbocycles. The van der Waals surface area contributed by atoms with Crippen LogP contribution in [0.5, 0.6) is 0 Å². The van der Waals surface area contributed by atoms with Crippen LogP contribution >= 0.6 is 0 Å². The molecule has 1 heterocycles. The van der Waals surface area contributed by atoms with Gasteiger partial charge in [0.2, 0.25) is 0 Å². The summed E-state index contributed by atoms with van der Waals surface area (Å²) in [6.45, 7) is 9.55. The summed E-state index contributed by atoms with van der Waals surface area (Å²) in [5, 5.41) is 20.0. The van der Waals surface area contributed by atoms with Crippen molar-refractivity contribution < 1.29 is 4.79 Å². The quantitative estimate of drug-likeness (QED) is 0.399. The molecular formula is C29H32N6O. The molecule has 3 rings (SSSR count). The zero-order valence-electron chi connectivity index (χ0n) is 21.6. The van der Waals surface area contributed by atoms with Gasteiger partial charge in [-0.1, -0.05) is 24.3 Å². The van der Waals surface area contributed by atoms with Gasteiger partial charge < -0.3 is 10.6 Å². The van der Waals surface area contributed by atoms with Gasteiger partial charge in [-0.15, -0.1) is 0 Å². The molecule has 2 N–H and O–H groups in total. The number of amides is 1. The van der Waals surface area contributed by atoms with Crippen molar-refractivity contribution in [3.63, 3.8) is 0 Å². The maximum atomic E-state index is 13.0. The Kier molecular flexibility index (Phi) is 8.23. The molecular weight excluding hydrogens is 448 g/mol. The predicted molar refractivity (Wildman–Crippen MR) is 146 cm³/mol. The monoisotopic (exact) mass is 480 g/mol. The highest BCUT2D eigenvalue weighted by atomic mass is 16.1. The summed E-state index contributed by atoms with van der Waals surface area (Å²) in [7, 11) is 1.83. The summed E-state index contributed by atoms with van der Waals surface area (Å²) in [6, 6.07) is 15.2. The minimum atomic E-state index is -0.678. The number of nitriles is 1. The van der Waals surface area contributed by atoms with Crippen LogP contribution < -0.4 is 10.6 Å². The van der Waals surface area contributed by atoms with Crippen molar-refractivity contribution in [1.29, 1.82) is 5.26 Å². The number of anilines is 1. The molecule has 0 aliphatic carbocycles. The van der Waals surface area contributed by atoms with E-state index in [-0.39, 0.29) is 5.91 Å². The van der Waals surface area contributed by atoms with Gasteiger partial charge in [-0.25, -0.2) is 9.67 Å². The summed E-state index contributed by atoms with van der Waals surface area (Å²) in [6.07, 6.45) is 9.43. The Labute approximate surface area is 212 Å². The first-order chi connectivity index (χ1) is 17.2.